The Balaban J connectivity index is 2.86. The van der Waals surface area contributed by atoms with Gasteiger partial charge in [0.25, 0.3) is 0 Å². The van der Waals surface area contributed by atoms with Crippen molar-refractivity contribution in [2.75, 3.05) is 6.61 Å². The maximum absolute atomic E-state index is 11.4. The first-order valence-electron chi connectivity index (χ1n) is 5.09. The van der Waals surface area contributed by atoms with Crippen LogP contribution in [0.5, 0.6) is 5.75 Å². The van der Waals surface area contributed by atoms with E-state index in [-0.39, 0.29) is 24.8 Å². The number of aromatic nitrogens is 1. The second-order valence-corrected chi connectivity index (χ2v) is 3.78. The van der Waals surface area contributed by atoms with E-state index in [1.165, 1.54) is 6.20 Å². The van der Waals surface area contributed by atoms with Gasteiger partial charge in [-0.15, -0.1) is 0 Å². The van der Waals surface area contributed by atoms with Gasteiger partial charge in [0.05, 0.1) is 19.1 Å². The molecular formula is C11H16N2O3. The number of pyridine rings is 1. The average Bonchev–Trinajstić information content (AvgIpc) is 2.22. The second-order valence-electron chi connectivity index (χ2n) is 3.78. The van der Waals surface area contributed by atoms with Gasteiger partial charge < -0.3 is 20.5 Å². The summed E-state index contributed by atoms with van der Waals surface area (Å²) >= 11 is 0. The number of ether oxygens (including phenoxy) is 1. The standard InChI is InChI=1S/C11H16N2O3/c1-8(2)16-11-3-4-13(15)10(6-11)5-9(12)7-14/h3-4,6,8,12,14H,5,7H2,1-2H3. The molecule has 0 unspecified atom stereocenters. The smallest absolute Gasteiger partial charge is 0.202 e. The van der Waals surface area contributed by atoms with Gasteiger partial charge in [-0.05, 0) is 13.8 Å². The number of aliphatic hydroxyl groups excluding tert-OH is 1. The third kappa shape index (κ3) is 3.51. The molecule has 0 amide bonds. The van der Waals surface area contributed by atoms with E-state index in [2.05, 4.69) is 0 Å². The molecule has 0 aromatic carbocycles. The Hall–Kier alpha value is -1.62. The molecule has 2 N–H and O–H groups in total. The summed E-state index contributed by atoms with van der Waals surface area (Å²) in [5, 5.41) is 27.5. The van der Waals surface area contributed by atoms with E-state index in [1.54, 1.807) is 12.1 Å². The Morgan fingerprint density at radius 1 is 1.62 bits per heavy atom. The first kappa shape index (κ1) is 12.4. The number of rotatable bonds is 5. The normalized spacial score (nSPS) is 10.5. The molecule has 0 bridgehead atoms. The largest absolute Gasteiger partial charge is 0.618 e. The zero-order chi connectivity index (χ0) is 12.1. The van der Waals surface area contributed by atoms with Crippen molar-refractivity contribution >= 4 is 5.71 Å². The molecule has 0 fully saturated rings. The number of hydrogen-bond acceptors (Lipinski definition) is 4. The van der Waals surface area contributed by atoms with E-state index in [0.717, 1.165) is 0 Å². The third-order valence-electron chi connectivity index (χ3n) is 1.92. The maximum atomic E-state index is 11.4. The predicted molar refractivity (Wildman–Crippen MR) is 59.7 cm³/mol. The van der Waals surface area contributed by atoms with Crippen LogP contribution in [0.25, 0.3) is 0 Å². The quantitative estimate of drug-likeness (QED) is 0.438. The highest BCUT2D eigenvalue weighted by atomic mass is 16.5. The first-order chi connectivity index (χ1) is 7.52. The van der Waals surface area contributed by atoms with Gasteiger partial charge in [-0.1, -0.05) is 0 Å². The Morgan fingerprint density at radius 3 is 2.88 bits per heavy atom. The Morgan fingerprint density at radius 2 is 2.31 bits per heavy atom. The zero-order valence-corrected chi connectivity index (χ0v) is 9.43. The molecule has 1 rings (SSSR count). The van der Waals surface area contributed by atoms with Crippen molar-refractivity contribution in [2.24, 2.45) is 0 Å². The van der Waals surface area contributed by atoms with Crippen molar-refractivity contribution in [3.05, 3.63) is 29.2 Å². The lowest BCUT2D eigenvalue weighted by Crippen LogP contribution is -2.33. The van der Waals surface area contributed by atoms with Gasteiger partial charge in [-0.25, -0.2) is 0 Å². The van der Waals surface area contributed by atoms with Crippen molar-refractivity contribution in [2.45, 2.75) is 26.4 Å². The molecule has 0 radical (unpaired) electrons. The molecule has 1 aromatic heterocycles. The molecule has 0 aliphatic heterocycles. The minimum Gasteiger partial charge on any atom is -0.618 e. The molecule has 16 heavy (non-hydrogen) atoms. The summed E-state index contributed by atoms with van der Waals surface area (Å²) in [6.07, 6.45) is 1.51. The fraction of sp³-hybridized carbons (Fsp3) is 0.455. The van der Waals surface area contributed by atoms with Crippen molar-refractivity contribution < 1.29 is 14.6 Å². The minimum absolute atomic E-state index is 0.0349. The highest BCUT2D eigenvalue weighted by Crippen LogP contribution is 2.12. The number of aliphatic hydroxyl groups is 1. The molecule has 0 saturated heterocycles. The van der Waals surface area contributed by atoms with Crippen molar-refractivity contribution in [3.63, 3.8) is 0 Å². The average molecular weight is 224 g/mol. The van der Waals surface area contributed by atoms with Crippen LogP contribution in [0.3, 0.4) is 0 Å². The first-order valence-corrected chi connectivity index (χ1v) is 5.09. The topological polar surface area (TPSA) is 80.2 Å². The SMILES string of the molecule is CC(C)Oc1cc[n+]([O-])c(CC(=N)CO)c1. The molecule has 5 heteroatoms. The highest BCUT2D eigenvalue weighted by molar-refractivity contribution is 5.83. The van der Waals surface area contributed by atoms with Crippen LogP contribution < -0.4 is 9.47 Å². The summed E-state index contributed by atoms with van der Waals surface area (Å²) in [6.45, 7) is 3.46. The van der Waals surface area contributed by atoms with E-state index in [0.29, 0.717) is 16.2 Å². The van der Waals surface area contributed by atoms with E-state index in [9.17, 15) is 5.21 Å². The van der Waals surface area contributed by atoms with Crippen molar-refractivity contribution in [1.29, 1.82) is 5.41 Å². The summed E-state index contributed by atoms with van der Waals surface area (Å²) in [4.78, 5) is 0. The number of nitrogens with one attached hydrogen (secondary N) is 1. The number of nitrogens with zero attached hydrogens (tertiary/aromatic N) is 1. The second kappa shape index (κ2) is 5.46. The van der Waals surface area contributed by atoms with E-state index in [4.69, 9.17) is 15.3 Å². The monoisotopic (exact) mass is 224 g/mol. The van der Waals surface area contributed by atoms with Gasteiger partial charge in [0, 0.05) is 17.8 Å². The molecule has 0 saturated carbocycles. The van der Waals surface area contributed by atoms with Crippen LogP contribution in [0.15, 0.2) is 18.3 Å². The lowest BCUT2D eigenvalue weighted by Gasteiger charge is -2.11. The Labute approximate surface area is 94.4 Å². The lowest BCUT2D eigenvalue weighted by molar-refractivity contribution is -0.613. The summed E-state index contributed by atoms with van der Waals surface area (Å²) < 4.78 is 6.12. The van der Waals surface area contributed by atoms with Gasteiger partial charge in [-0.2, -0.15) is 4.73 Å². The van der Waals surface area contributed by atoms with Crippen molar-refractivity contribution in [3.8, 4) is 5.75 Å². The summed E-state index contributed by atoms with van der Waals surface area (Å²) in [5.74, 6) is 0.600. The van der Waals surface area contributed by atoms with Gasteiger partial charge in [0.15, 0.2) is 6.20 Å². The molecule has 5 nitrogen and oxygen atoms in total. The maximum Gasteiger partial charge on any atom is 0.202 e. The van der Waals surface area contributed by atoms with Crippen molar-refractivity contribution in [1.82, 2.24) is 0 Å². The molecule has 88 valence electrons. The Bertz CT molecular complexity index is 377. The van der Waals surface area contributed by atoms with Crippen LogP contribution in [0.1, 0.15) is 19.5 Å². The fourth-order valence-corrected chi connectivity index (χ4v) is 1.26. The van der Waals surface area contributed by atoms with Gasteiger partial charge in [0.1, 0.15) is 5.75 Å². The van der Waals surface area contributed by atoms with Crippen LogP contribution in [-0.2, 0) is 6.42 Å². The molecule has 0 aliphatic carbocycles. The van der Waals surface area contributed by atoms with Crippen LogP contribution in [0.2, 0.25) is 0 Å². The van der Waals surface area contributed by atoms with Gasteiger partial charge in [0.2, 0.25) is 5.69 Å². The molecule has 0 atom stereocenters. The fourth-order valence-electron chi connectivity index (χ4n) is 1.26. The van der Waals surface area contributed by atoms with E-state index >= 15 is 0 Å². The third-order valence-corrected chi connectivity index (χ3v) is 1.92. The molecule has 0 aliphatic rings. The number of hydrogen-bond donors (Lipinski definition) is 2. The van der Waals surface area contributed by atoms with Crippen LogP contribution in [0, 0.1) is 10.6 Å². The Kier molecular flexibility index (Phi) is 4.25. The molecular weight excluding hydrogens is 208 g/mol. The minimum atomic E-state index is -0.338. The molecule has 1 heterocycles. The summed E-state index contributed by atoms with van der Waals surface area (Å²) in [7, 11) is 0. The zero-order valence-electron chi connectivity index (χ0n) is 9.43. The van der Waals surface area contributed by atoms with Crippen LogP contribution in [-0.4, -0.2) is 23.5 Å². The van der Waals surface area contributed by atoms with Crippen LogP contribution in [0.4, 0.5) is 0 Å². The highest BCUT2D eigenvalue weighted by Gasteiger charge is 2.10. The van der Waals surface area contributed by atoms with Crippen LogP contribution >= 0.6 is 0 Å². The van der Waals surface area contributed by atoms with E-state index in [1.807, 2.05) is 13.8 Å². The lowest BCUT2D eigenvalue weighted by atomic mass is 10.2. The van der Waals surface area contributed by atoms with E-state index < -0.39 is 0 Å². The summed E-state index contributed by atoms with van der Waals surface area (Å²) in [5.41, 5.74) is 0.503. The van der Waals surface area contributed by atoms with Gasteiger partial charge >= 0.3 is 0 Å². The molecule has 0 spiro atoms. The summed E-state index contributed by atoms with van der Waals surface area (Å²) in [6, 6.07) is 3.18. The predicted octanol–water partition coefficient (Wildman–Crippen LogP) is 0.662. The molecule has 1 aromatic rings. The van der Waals surface area contributed by atoms with Gasteiger partial charge in [-0.3, -0.25) is 0 Å².